The van der Waals surface area contributed by atoms with Crippen LogP contribution in [0.15, 0.2) is 54.6 Å². The highest BCUT2D eigenvalue weighted by atomic mass is 14.9. The maximum absolute atomic E-state index is 6.86. The minimum absolute atomic E-state index is 0.684. The standard InChI is InChI=1S/C14H12N2/c1-15-13-9-7-12(8-10-13)11-16-14-5-3-2-4-6-14/h2-10,16H,11H2. The van der Waals surface area contributed by atoms with Gasteiger partial charge in [-0.3, -0.25) is 0 Å². The normalized spacial score (nSPS) is 9.44. The zero-order valence-corrected chi connectivity index (χ0v) is 8.85. The average Bonchev–Trinajstić information content (AvgIpc) is 2.38. The lowest BCUT2D eigenvalue weighted by molar-refractivity contribution is 1.15. The monoisotopic (exact) mass is 208 g/mol. The van der Waals surface area contributed by atoms with Gasteiger partial charge < -0.3 is 5.32 Å². The van der Waals surface area contributed by atoms with Crippen molar-refractivity contribution in [2.75, 3.05) is 5.32 Å². The van der Waals surface area contributed by atoms with Gasteiger partial charge in [-0.15, -0.1) is 0 Å². The first kappa shape index (κ1) is 10.3. The molecule has 2 heteroatoms. The van der Waals surface area contributed by atoms with Gasteiger partial charge in [0.15, 0.2) is 5.69 Å². The van der Waals surface area contributed by atoms with Crippen LogP contribution in [0.4, 0.5) is 11.4 Å². The molecular formula is C14H12N2. The molecule has 0 saturated carbocycles. The van der Waals surface area contributed by atoms with Crippen LogP contribution in [0.3, 0.4) is 0 Å². The molecule has 0 heterocycles. The van der Waals surface area contributed by atoms with Crippen LogP contribution >= 0.6 is 0 Å². The van der Waals surface area contributed by atoms with Gasteiger partial charge in [-0.05, 0) is 17.7 Å². The summed E-state index contributed by atoms with van der Waals surface area (Å²) in [6.07, 6.45) is 0. The topological polar surface area (TPSA) is 16.4 Å². The molecule has 0 radical (unpaired) electrons. The smallest absolute Gasteiger partial charge is 0.187 e. The summed E-state index contributed by atoms with van der Waals surface area (Å²) in [5, 5.41) is 3.32. The Bertz CT molecular complexity index is 480. The second-order valence-corrected chi connectivity index (χ2v) is 3.50. The number of nitrogens with one attached hydrogen (secondary N) is 1. The third-order valence-corrected chi connectivity index (χ3v) is 2.34. The first-order chi connectivity index (χ1) is 7.88. The second kappa shape index (κ2) is 4.99. The first-order valence-electron chi connectivity index (χ1n) is 5.14. The van der Waals surface area contributed by atoms with E-state index in [4.69, 9.17) is 6.57 Å². The van der Waals surface area contributed by atoms with Crippen LogP contribution in [0, 0.1) is 6.57 Å². The summed E-state index contributed by atoms with van der Waals surface area (Å²) in [6, 6.07) is 17.7. The van der Waals surface area contributed by atoms with E-state index in [-0.39, 0.29) is 0 Å². The van der Waals surface area contributed by atoms with Crippen molar-refractivity contribution >= 4 is 11.4 Å². The number of para-hydroxylation sites is 1. The second-order valence-electron chi connectivity index (χ2n) is 3.50. The van der Waals surface area contributed by atoms with Gasteiger partial charge in [0.05, 0.1) is 6.57 Å². The van der Waals surface area contributed by atoms with Crippen LogP contribution in [0.2, 0.25) is 0 Å². The third kappa shape index (κ3) is 2.61. The highest BCUT2D eigenvalue weighted by Gasteiger charge is 1.94. The lowest BCUT2D eigenvalue weighted by Crippen LogP contribution is -1.98. The molecule has 0 fully saturated rings. The molecule has 78 valence electrons. The summed E-state index contributed by atoms with van der Waals surface area (Å²) < 4.78 is 0. The van der Waals surface area contributed by atoms with E-state index < -0.39 is 0 Å². The SMILES string of the molecule is [C-]#[N+]c1ccc(CNc2ccccc2)cc1. The molecule has 16 heavy (non-hydrogen) atoms. The highest BCUT2D eigenvalue weighted by molar-refractivity contribution is 5.47. The van der Waals surface area contributed by atoms with Crippen molar-refractivity contribution in [1.29, 1.82) is 0 Å². The number of nitrogens with zero attached hydrogens (tertiary/aromatic N) is 1. The molecule has 0 amide bonds. The molecule has 0 bridgehead atoms. The Hall–Kier alpha value is -2.27. The van der Waals surface area contributed by atoms with Crippen molar-refractivity contribution in [3.63, 3.8) is 0 Å². The van der Waals surface area contributed by atoms with Gasteiger partial charge in [-0.1, -0.05) is 42.5 Å². The van der Waals surface area contributed by atoms with E-state index in [2.05, 4.69) is 10.2 Å². The van der Waals surface area contributed by atoms with Crippen LogP contribution in [-0.2, 0) is 6.54 Å². The van der Waals surface area contributed by atoms with E-state index in [9.17, 15) is 0 Å². The maximum atomic E-state index is 6.86. The fourth-order valence-electron chi connectivity index (χ4n) is 1.45. The van der Waals surface area contributed by atoms with Gasteiger partial charge in [-0.2, -0.15) is 0 Å². The van der Waals surface area contributed by atoms with Gasteiger partial charge in [-0.25, -0.2) is 4.85 Å². The van der Waals surface area contributed by atoms with Crippen LogP contribution < -0.4 is 5.32 Å². The Morgan fingerprint density at radius 3 is 2.25 bits per heavy atom. The molecule has 0 spiro atoms. The molecule has 0 aliphatic heterocycles. The molecule has 0 atom stereocenters. The first-order valence-corrected chi connectivity index (χ1v) is 5.14. The highest BCUT2D eigenvalue weighted by Crippen LogP contribution is 2.14. The third-order valence-electron chi connectivity index (χ3n) is 2.34. The number of rotatable bonds is 3. The van der Waals surface area contributed by atoms with Crippen molar-refractivity contribution in [2.45, 2.75) is 6.54 Å². The summed E-state index contributed by atoms with van der Waals surface area (Å²) >= 11 is 0. The van der Waals surface area contributed by atoms with Crippen LogP contribution in [-0.4, -0.2) is 0 Å². The van der Waals surface area contributed by atoms with Gasteiger partial charge in [0.25, 0.3) is 0 Å². The quantitative estimate of drug-likeness (QED) is 0.758. The molecular weight excluding hydrogens is 196 g/mol. The zero-order valence-electron chi connectivity index (χ0n) is 8.85. The largest absolute Gasteiger partial charge is 0.381 e. The summed E-state index contributed by atoms with van der Waals surface area (Å²) in [5.41, 5.74) is 2.97. The molecule has 0 saturated heterocycles. The van der Waals surface area contributed by atoms with E-state index in [1.165, 1.54) is 5.56 Å². The Balaban J connectivity index is 1.98. The fourth-order valence-corrected chi connectivity index (χ4v) is 1.45. The van der Waals surface area contributed by atoms with E-state index in [0.29, 0.717) is 5.69 Å². The van der Waals surface area contributed by atoms with Crippen molar-refractivity contribution in [3.05, 3.63) is 71.6 Å². The molecule has 0 unspecified atom stereocenters. The van der Waals surface area contributed by atoms with Crippen molar-refractivity contribution in [1.82, 2.24) is 0 Å². The van der Waals surface area contributed by atoms with E-state index >= 15 is 0 Å². The van der Waals surface area contributed by atoms with E-state index in [1.807, 2.05) is 54.6 Å². The Kier molecular flexibility index (Phi) is 3.20. The summed E-state index contributed by atoms with van der Waals surface area (Å²) in [7, 11) is 0. The van der Waals surface area contributed by atoms with E-state index in [1.54, 1.807) is 0 Å². The molecule has 2 rings (SSSR count). The van der Waals surface area contributed by atoms with Crippen molar-refractivity contribution < 1.29 is 0 Å². The van der Waals surface area contributed by atoms with Crippen molar-refractivity contribution in [3.8, 4) is 0 Å². The van der Waals surface area contributed by atoms with Crippen LogP contribution in [0.1, 0.15) is 5.56 Å². The lowest BCUT2D eigenvalue weighted by Gasteiger charge is -2.05. The molecule has 0 aliphatic rings. The predicted molar refractivity (Wildman–Crippen MR) is 66.5 cm³/mol. The molecule has 2 nitrogen and oxygen atoms in total. The summed E-state index contributed by atoms with van der Waals surface area (Å²) in [5.74, 6) is 0. The number of anilines is 1. The fraction of sp³-hybridized carbons (Fsp3) is 0.0714. The van der Waals surface area contributed by atoms with Crippen LogP contribution in [0.25, 0.3) is 4.85 Å². The molecule has 0 aliphatic carbocycles. The number of benzene rings is 2. The minimum Gasteiger partial charge on any atom is -0.381 e. The maximum Gasteiger partial charge on any atom is 0.187 e. The van der Waals surface area contributed by atoms with Gasteiger partial charge in [0.2, 0.25) is 0 Å². The summed E-state index contributed by atoms with van der Waals surface area (Å²) in [4.78, 5) is 3.36. The molecule has 1 N–H and O–H groups in total. The predicted octanol–water partition coefficient (Wildman–Crippen LogP) is 3.85. The molecule has 2 aromatic rings. The van der Waals surface area contributed by atoms with Gasteiger partial charge in [0, 0.05) is 12.2 Å². The van der Waals surface area contributed by atoms with Gasteiger partial charge in [0.1, 0.15) is 0 Å². The Morgan fingerprint density at radius 1 is 0.938 bits per heavy atom. The Morgan fingerprint density at radius 2 is 1.62 bits per heavy atom. The molecule has 0 aromatic heterocycles. The molecule has 2 aromatic carbocycles. The Labute approximate surface area is 95.4 Å². The van der Waals surface area contributed by atoms with Crippen molar-refractivity contribution in [2.24, 2.45) is 0 Å². The average molecular weight is 208 g/mol. The summed E-state index contributed by atoms with van der Waals surface area (Å²) in [6.45, 7) is 7.64. The number of hydrogen-bond acceptors (Lipinski definition) is 1. The van der Waals surface area contributed by atoms with Crippen LogP contribution in [0.5, 0.6) is 0 Å². The van der Waals surface area contributed by atoms with Gasteiger partial charge >= 0.3 is 0 Å². The lowest BCUT2D eigenvalue weighted by atomic mass is 10.2. The number of hydrogen-bond donors (Lipinski definition) is 1. The minimum atomic E-state index is 0.684. The zero-order chi connectivity index (χ0) is 11.2. The van der Waals surface area contributed by atoms with E-state index in [0.717, 1.165) is 12.2 Å².